The van der Waals surface area contributed by atoms with Crippen LogP contribution in [0.1, 0.15) is 26.6 Å². The molecule has 0 aliphatic carbocycles. The number of rotatable bonds is 4. The summed E-state index contributed by atoms with van der Waals surface area (Å²) in [6.45, 7) is 6.04. The van der Waals surface area contributed by atoms with E-state index in [0.717, 1.165) is 23.7 Å². The molecule has 5 nitrogen and oxygen atoms in total. The largest absolute Gasteiger partial charge is 0.491 e. The number of aromatic nitrogens is 4. The van der Waals surface area contributed by atoms with Crippen molar-refractivity contribution in [1.29, 1.82) is 0 Å². The van der Waals surface area contributed by atoms with E-state index in [9.17, 15) is 0 Å². The summed E-state index contributed by atoms with van der Waals surface area (Å²) in [5.41, 5.74) is 0.947. The first-order chi connectivity index (χ1) is 8.20. The van der Waals surface area contributed by atoms with Gasteiger partial charge in [-0.05, 0) is 48.5 Å². The normalized spacial score (nSPS) is 10.8. The highest BCUT2D eigenvalue weighted by Gasteiger charge is 2.06. The molecule has 0 aliphatic heterocycles. The van der Waals surface area contributed by atoms with Crippen molar-refractivity contribution in [2.24, 2.45) is 0 Å². The summed E-state index contributed by atoms with van der Waals surface area (Å²) in [5.74, 6) is 1.71. The molecule has 0 N–H and O–H groups in total. The lowest BCUT2D eigenvalue weighted by Gasteiger charge is -2.10. The van der Waals surface area contributed by atoms with E-state index in [4.69, 9.17) is 4.74 Å². The summed E-state index contributed by atoms with van der Waals surface area (Å²) in [6.07, 6.45) is 0.983. The highest BCUT2D eigenvalue weighted by atomic mass is 16.5. The standard InChI is InChI=1S/C12H16N4O/c1-4-12-13-14-15-16(12)10-5-7-11(8-6-10)17-9(2)3/h5-9H,4H2,1-3H3. The van der Waals surface area contributed by atoms with E-state index in [1.807, 2.05) is 45.0 Å². The zero-order chi connectivity index (χ0) is 12.3. The molecule has 17 heavy (non-hydrogen) atoms. The molecule has 0 spiro atoms. The summed E-state index contributed by atoms with van der Waals surface area (Å²) in [4.78, 5) is 0. The molecule has 90 valence electrons. The molecule has 5 heteroatoms. The second kappa shape index (κ2) is 4.95. The number of benzene rings is 1. The van der Waals surface area contributed by atoms with Crippen LogP contribution in [-0.4, -0.2) is 26.3 Å². The first kappa shape index (κ1) is 11.6. The summed E-state index contributed by atoms with van der Waals surface area (Å²) in [7, 11) is 0. The third kappa shape index (κ3) is 2.61. The molecule has 0 aliphatic rings. The minimum absolute atomic E-state index is 0.181. The maximum Gasteiger partial charge on any atom is 0.156 e. The number of hydrogen-bond donors (Lipinski definition) is 0. The van der Waals surface area contributed by atoms with Crippen LogP contribution in [0.4, 0.5) is 0 Å². The molecule has 0 atom stereocenters. The highest BCUT2D eigenvalue weighted by Crippen LogP contribution is 2.16. The van der Waals surface area contributed by atoms with Gasteiger partial charge in [0.25, 0.3) is 0 Å². The number of aryl methyl sites for hydroxylation is 1. The lowest BCUT2D eigenvalue weighted by molar-refractivity contribution is 0.242. The molecule has 0 saturated heterocycles. The Morgan fingerprint density at radius 1 is 1.24 bits per heavy atom. The van der Waals surface area contributed by atoms with Crippen LogP contribution < -0.4 is 4.74 Å². The molecule has 0 fully saturated rings. The molecule has 1 heterocycles. The predicted octanol–water partition coefficient (Wildman–Crippen LogP) is 2.01. The molecule has 1 aromatic heterocycles. The minimum atomic E-state index is 0.181. The van der Waals surface area contributed by atoms with Crippen molar-refractivity contribution < 1.29 is 4.74 Å². The van der Waals surface area contributed by atoms with Crippen molar-refractivity contribution in [3.63, 3.8) is 0 Å². The van der Waals surface area contributed by atoms with Crippen LogP contribution in [0.2, 0.25) is 0 Å². The van der Waals surface area contributed by atoms with Gasteiger partial charge in [-0.3, -0.25) is 0 Å². The van der Waals surface area contributed by atoms with Gasteiger partial charge in [0.1, 0.15) is 5.75 Å². The Morgan fingerprint density at radius 2 is 1.94 bits per heavy atom. The first-order valence-corrected chi connectivity index (χ1v) is 5.75. The Hall–Kier alpha value is -1.91. The van der Waals surface area contributed by atoms with Crippen LogP contribution in [0.25, 0.3) is 5.69 Å². The van der Waals surface area contributed by atoms with Crippen LogP contribution in [-0.2, 0) is 6.42 Å². The van der Waals surface area contributed by atoms with Crippen molar-refractivity contribution in [3.8, 4) is 11.4 Å². The van der Waals surface area contributed by atoms with Gasteiger partial charge in [0.2, 0.25) is 0 Å². The lowest BCUT2D eigenvalue weighted by Crippen LogP contribution is -2.06. The van der Waals surface area contributed by atoms with Crippen LogP contribution in [0, 0.1) is 0 Å². The average Bonchev–Trinajstić information content (AvgIpc) is 2.77. The molecular weight excluding hydrogens is 216 g/mol. The van der Waals surface area contributed by atoms with E-state index in [0.29, 0.717) is 0 Å². The Labute approximate surface area is 100 Å². The highest BCUT2D eigenvalue weighted by molar-refractivity contribution is 5.37. The average molecular weight is 232 g/mol. The quantitative estimate of drug-likeness (QED) is 0.809. The predicted molar refractivity (Wildman–Crippen MR) is 64.3 cm³/mol. The van der Waals surface area contributed by atoms with Crippen LogP contribution >= 0.6 is 0 Å². The molecule has 0 saturated carbocycles. The summed E-state index contributed by atoms with van der Waals surface area (Å²) in [5, 5.41) is 11.6. The number of nitrogens with zero attached hydrogens (tertiary/aromatic N) is 4. The molecular formula is C12H16N4O. The van der Waals surface area contributed by atoms with Gasteiger partial charge in [0.05, 0.1) is 11.8 Å². The van der Waals surface area contributed by atoms with E-state index in [1.165, 1.54) is 0 Å². The van der Waals surface area contributed by atoms with Crippen LogP contribution in [0.5, 0.6) is 5.75 Å². The fourth-order valence-electron chi connectivity index (χ4n) is 1.56. The zero-order valence-corrected chi connectivity index (χ0v) is 10.3. The molecule has 0 unspecified atom stereocenters. The van der Waals surface area contributed by atoms with Gasteiger partial charge < -0.3 is 4.74 Å². The first-order valence-electron chi connectivity index (χ1n) is 5.75. The molecule has 2 rings (SSSR count). The van der Waals surface area contributed by atoms with E-state index in [1.54, 1.807) is 4.68 Å². The van der Waals surface area contributed by atoms with Crippen molar-refractivity contribution in [2.75, 3.05) is 0 Å². The topological polar surface area (TPSA) is 52.8 Å². The second-order valence-corrected chi connectivity index (χ2v) is 4.02. The molecule has 2 aromatic rings. The summed E-state index contributed by atoms with van der Waals surface area (Å²) < 4.78 is 7.32. The number of hydrogen-bond acceptors (Lipinski definition) is 4. The number of ether oxygens (including phenoxy) is 1. The monoisotopic (exact) mass is 232 g/mol. The Balaban J connectivity index is 2.23. The SMILES string of the molecule is CCc1nnnn1-c1ccc(OC(C)C)cc1. The molecule has 0 bridgehead atoms. The number of tetrazole rings is 1. The molecule has 1 aromatic carbocycles. The van der Waals surface area contributed by atoms with Gasteiger partial charge >= 0.3 is 0 Å². The van der Waals surface area contributed by atoms with Gasteiger partial charge in [0.15, 0.2) is 5.82 Å². The van der Waals surface area contributed by atoms with Crippen molar-refractivity contribution in [1.82, 2.24) is 20.2 Å². The van der Waals surface area contributed by atoms with Crippen LogP contribution in [0.3, 0.4) is 0 Å². The lowest BCUT2D eigenvalue weighted by atomic mass is 10.3. The molecule has 0 amide bonds. The van der Waals surface area contributed by atoms with E-state index >= 15 is 0 Å². The smallest absolute Gasteiger partial charge is 0.156 e. The van der Waals surface area contributed by atoms with Gasteiger partial charge in [-0.1, -0.05) is 6.92 Å². The summed E-state index contributed by atoms with van der Waals surface area (Å²) in [6, 6.07) is 7.76. The van der Waals surface area contributed by atoms with E-state index in [2.05, 4.69) is 15.5 Å². The zero-order valence-electron chi connectivity index (χ0n) is 10.3. The van der Waals surface area contributed by atoms with Crippen molar-refractivity contribution in [3.05, 3.63) is 30.1 Å². The molecule has 0 radical (unpaired) electrons. The van der Waals surface area contributed by atoms with Crippen molar-refractivity contribution in [2.45, 2.75) is 33.3 Å². The second-order valence-electron chi connectivity index (χ2n) is 4.02. The maximum absolute atomic E-state index is 5.58. The Bertz CT molecular complexity index is 476. The third-order valence-electron chi connectivity index (χ3n) is 2.30. The van der Waals surface area contributed by atoms with Gasteiger partial charge in [-0.15, -0.1) is 5.10 Å². The van der Waals surface area contributed by atoms with Crippen molar-refractivity contribution >= 4 is 0 Å². The van der Waals surface area contributed by atoms with E-state index in [-0.39, 0.29) is 6.10 Å². The fraction of sp³-hybridized carbons (Fsp3) is 0.417. The summed E-state index contributed by atoms with van der Waals surface area (Å²) >= 11 is 0. The van der Waals surface area contributed by atoms with Crippen LogP contribution in [0.15, 0.2) is 24.3 Å². The Kier molecular flexibility index (Phi) is 3.37. The fourth-order valence-corrected chi connectivity index (χ4v) is 1.56. The van der Waals surface area contributed by atoms with E-state index < -0.39 is 0 Å². The Morgan fingerprint density at radius 3 is 2.53 bits per heavy atom. The van der Waals surface area contributed by atoms with Gasteiger partial charge in [-0.2, -0.15) is 4.68 Å². The minimum Gasteiger partial charge on any atom is -0.491 e. The maximum atomic E-state index is 5.58. The van der Waals surface area contributed by atoms with Gasteiger partial charge in [-0.25, -0.2) is 0 Å². The third-order valence-corrected chi connectivity index (χ3v) is 2.30. The van der Waals surface area contributed by atoms with Gasteiger partial charge in [0, 0.05) is 6.42 Å².